The molecule has 1 N–H and O–H groups in total. The van der Waals surface area contributed by atoms with Gasteiger partial charge in [-0.3, -0.25) is 0 Å². The molecule has 0 saturated heterocycles. The minimum absolute atomic E-state index is 0.203. The summed E-state index contributed by atoms with van der Waals surface area (Å²) in [6.45, 7) is 27.4. The Bertz CT molecular complexity index is 479. The smallest absolute Gasteiger partial charge is 0.128 e. The number of halogens is 1. The van der Waals surface area contributed by atoms with Gasteiger partial charge in [0.05, 0.1) is 0 Å². The number of hydrogen-bond donors (Lipinski definition) is 1. The molecule has 1 nitrogen and oxygen atoms in total. The average Bonchev–Trinajstić information content (AvgIpc) is 2.67. The van der Waals surface area contributed by atoms with Crippen molar-refractivity contribution in [2.24, 2.45) is 10.8 Å². The van der Waals surface area contributed by atoms with E-state index in [1.807, 2.05) is 27.7 Å². The van der Waals surface area contributed by atoms with Gasteiger partial charge >= 0.3 is 0 Å². The molecule has 0 radical (unpaired) electrons. The number of hydrogen-bond acceptors (Lipinski definition) is 1. The van der Waals surface area contributed by atoms with Gasteiger partial charge in [0, 0.05) is 5.69 Å². The van der Waals surface area contributed by atoms with E-state index in [0.29, 0.717) is 16.4 Å². The maximum atomic E-state index is 13.0. The molecule has 154 valence electrons. The van der Waals surface area contributed by atoms with Gasteiger partial charge in [-0.2, -0.15) is 0 Å². The summed E-state index contributed by atoms with van der Waals surface area (Å²) in [5.74, 6) is -0.203. The molecule has 1 aromatic rings. The molecule has 0 aliphatic heterocycles. The van der Waals surface area contributed by atoms with E-state index in [1.54, 1.807) is 19.1 Å². The van der Waals surface area contributed by atoms with E-state index < -0.39 is 0 Å². The summed E-state index contributed by atoms with van der Waals surface area (Å²) in [6.07, 6.45) is 4.24. The van der Waals surface area contributed by atoms with Crippen LogP contribution in [0.5, 0.6) is 0 Å². The highest BCUT2D eigenvalue weighted by Crippen LogP contribution is 2.43. The van der Waals surface area contributed by atoms with Gasteiger partial charge in [-0.15, -0.1) is 0 Å². The van der Waals surface area contributed by atoms with Crippen molar-refractivity contribution < 1.29 is 4.39 Å². The first-order valence-corrected chi connectivity index (χ1v) is 10.5. The van der Waals surface area contributed by atoms with Crippen LogP contribution in [0.2, 0.25) is 0 Å². The monoisotopic (exact) mass is 385 g/mol. The van der Waals surface area contributed by atoms with E-state index in [1.165, 1.54) is 18.9 Å². The number of benzene rings is 1. The van der Waals surface area contributed by atoms with Crippen molar-refractivity contribution in [1.29, 1.82) is 0 Å². The van der Waals surface area contributed by atoms with Crippen molar-refractivity contribution in [2.75, 3.05) is 5.09 Å². The van der Waals surface area contributed by atoms with Gasteiger partial charge in [0.15, 0.2) is 0 Å². The fourth-order valence-electron chi connectivity index (χ4n) is 1.95. The Morgan fingerprint density at radius 1 is 1.00 bits per heavy atom. The Morgan fingerprint density at radius 3 is 1.65 bits per heavy atom. The predicted molar refractivity (Wildman–Crippen MR) is 125 cm³/mol. The SMILES string of the molecule is C=Cc1cc(C)c(F)cc1NP.CC.CC.CCC(C)(C)C(C)(C)CC. The van der Waals surface area contributed by atoms with Crippen LogP contribution >= 0.6 is 9.39 Å². The van der Waals surface area contributed by atoms with Crippen LogP contribution in [-0.2, 0) is 0 Å². The molecule has 0 spiro atoms. The van der Waals surface area contributed by atoms with E-state index >= 15 is 0 Å². The maximum Gasteiger partial charge on any atom is 0.128 e. The number of rotatable bonds is 5. The lowest BCUT2D eigenvalue weighted by Crippen LogP contribution is -2.30. The van der Waals surface area contributed by atoms with E-state index in [4.69, 9.17) is 0 Å². The van der Waals surface area contributed by atoms with Crippen molar-refractivity contribution in [2.45, 2.75) is 89.0 Å². The third-order valence-electron chi connectivity index (χ3n) is 5.31. The molecule has 0 fully saturated rings. The van der Waals surface area contributed by atoms with E-state index in [-0.39, 0.29) is 5.82 Å². The summed E-state index contributed by atoms with van der Waals surface area (Å²) in [7, 11) is 2.33. The van der Waals surface area contributed by atoms with Crippen LogP contribution in [0.25, 0.3) is 6.08 Å². The normalized spacial score (nSPS) is 10.2. The highest BCUT2D eigenvalue weighted by atomic mass is 31.0. The molecular weight excluding hydrogens is 340 g/mol. The zero-order valence-corrected chi connectivity index (χ0v) is 20.5. The van der Waals surface area contributed by atoms with Gasteiger partial charge in [0.1, 0.15) is 5.82 Å². The molecule has 1 atom stereocenters. The first kappa shape index (κ1) is 29.9. The second kappa shape index (κ2) is 15.2. The Morgan fingerprint density at radius 2 is 1.38 bits per heavy atom. The fourth-order valence-corrected chi connectivity index (χ4v) is 2.20. The van der Waals surface area contributed by atoms with Gasteiger partial charge in [0.25, 0.3) is 0 Å². The van der Waals surface area contributed by atoms with Crippen LogP contribution < -0.4 is 5.09 Å². The van der Waals surface area contributed by atoms with Gasteiger partial charge in [-0.25, -0.2) is 4.39 Å². The molecule has 0 amide bonds. The molecule has 0 saturated carbocycles. The molecule has 1 unspecified atom stereocenters. The van der Waals surface area contributed by atoms with Crippen LogP contribution in [0.4, 0.5) is 10.1 Å². The molecule has 1 aromatic carbocycles. The Balaban J connectivity index is -0.000000346. The second-order valence-electron chi connectivity index (χ2n) is 7.01. The molecule has 0 aliphatic rings. The molecule has 0 aromatic heterocycles. The first-order valence-electron chi connectivity index (χ1n) is 9.95. The Labute approximate surface area is 166 Å². The molecule has 0 aliphatic carbocycles. The average molecular weight is 386 g/mol. The second-order valence-corrected chi connectivity index (χ2v) is 7.30. The predicted octanol–water partition coefficient (Wildman–Crippen LogP) is 8.89. The van der Waals surface area contributed by atoms with Crippen molar-refractivity contribution in [1.82, 2.24) is 0 Å². The topological polar surface area (TPSA) is 12.0 Å². The van der Waals surface area contributed by atoms with Gasteiger partial charge in [-0.1, -0.05) is 94.7 Å². The number of aryl methyl sites for hydroxylation is 1. The molecular formula is C23H45FNP. The van der Waals surface area contributed by atoms with Crippen molar-refractivity contribution in [3.8, 4) is 0 Å². The van der Waals surface area contributed by atoms with Crippen LogP contribution in [-0.4, -0.2) is 0 Å². The Kier molecular flexibility index (Phi) is 17.5. The van der Waals surface area contributed by atoms with Crippen molar-refractivity contribution >= 4 is 21.2 Å². The summed E-state index contributed by atoms with van der Waals surface area (Å²) in [4.78, 5) is 0. The summed E-state index contributed by atoms with van der Waals surface area (Å²) in [5, 5.41) is 2.82. The largest absolute Gasteiger partial charge is 0.369 e. The zero-order chi connectivity index (χ0) is 21.6. The maximum absolute atomic E-state index is 13.0. The van der Waals surface area contributed by atoms with Gasteiger partial charge < -0.3 is 5.09 Å². The summed E-state index contributed by atoms with van der Waals surface area (Å²) < 4.78 is 13.0. The van der Waals surface area contributed by atoms with Crippen molar-refractivity contribution in [3.05, 3.63) is 35.7 Å². The standard InChI is InChI=1S/C10H22.C9H11FNP.2C2H6/c1-7-9(3,4)10(5,6)8-2;1-3-7-4-6(2)8(10)5-9(7)11-12;2*1-2/h7-8H2,1-6H3;3-5,11H,1,12H2,2H3;2*1-2H3. The third kappa shape index (κ3) is 9.72. The summed E-state index contributed by atoms with van der Waals surface area (Å²) in [5.41, 5.74) is 3.25. The lowest BCUT2D eigenvalue weighted by molar-refractivity contribution is 0.0998. The minimum Gasteiger partial charge on any atom is -0.369 e. The minimum atomic E-state index is -0.203. The zero-order valence-electron chi connectivity index (χ0n) is 19.3. The number of nitrogens with one attached hydrogen (secondary N) is 1. The third-order valence-corrected chi connectivity index (χ3v) is 5.62. The van der Waals surface area contributed by atoms with Crippen LogP contribution in [0.15, 0.2) is 18.7 Å². The fraction of sp³-hybridized carbons (Fsp3) is 0.652. The lowest BCUT2D eigenvalue weighted by atomic mass is 9.65. The van der Waals surface area contributed by atoms with Crippen LogP contribution in [0.3, 0.4) is 0 Å². The summed E-state index contributed by atoms with van der Waals surface area (Å²) in [6, 6.07) is 3.22. The highest BCUT2D eigenvalue weighted by Gasteiger charge is 2.33. The van der Waals surface area contributed by atoms with E-state index in [9.17, 15) is 4.39 Å². The van der Waals surface area contributed by atoms with E-state index in [0.717, 1.165) is 11.3 Å². The molecule has 3 heteroatoms. The molecule has 0 heterocycles. The number of anilines is 1. The van der Waals surface area contributed by atoms with Crippen LogP contribution in [0, 0.1) is 23.6 Å². The van der Waals surface area contributed by atoms with Crippen LogP contribution in [0.1, 0.15) is 93.2 Å². The molecule has 26 heavy (non-hydrogen) atoms. The van der Waals surface area contributed by atoms with Crippen molar-refractivity contribution in [3.63, 3.8) is 0 Å². The summed E-state index contributed by atoms with van der Waals surface area (Å²) >= 11 is 0. The molecule has 1 rings (SSSR count). The Hall–Kier alpha value is -0.880. The quantitative estimate of drug-likeness (QED) is 0.499. The first-order chi connectivity index (χ1) is 12.1. The molecule has 0 bridgehead atoms. The van der Waals surface area contributed by atoms with Gasteiger partial charge in [0.2, 0.25) is 0 Å². The lowest BCUT2D eigenvalue weighted by Gasteiger charge is -2.40. The highest BCUT2D eigenvalue weighted by molar-refractivity contribution is 7.18. The van der Waals surface area contributed by atoms with E-state index in [2.05, 4.69) is 62.6 Å². The van der Waals surface area contributed by atoms with Gasteiger partial charge in [-0.05, 0) is 50.4 Å².